The van der Waals surface area contributed by atoms with Crippen molar-refractivity contribution in [2.75, 3.05) is 18.0 Å². The summed E-state index contributed by atoms with van der Waals surface area (Å²) in [6.45, 7) is 5.59. The third-order valence-electron chi connectivity index (χ3n) is 2.80. The predicted octanol–water partition coefficient (Wildman–Crippen LogP) is 2.66. The van der Waals surface area contributed by atoms with Crippen LogP contribution in [0.2, 0.25) is 0 Å². The Morgan fingerprint density at radius 3 is 2.73 bits per heavy atom. The van der Waals surface area contributed by atoms with Crippen molar-refractivity contribution in [2.24, 2.45) is 0 Å². The van der Waals surface area contributed by atoms with E-state index in [-0.39, 0.29) is 0 Å². The van der Waals surface area contributed by atoms with Crippen LogP contribution in [0.5, 0.6) is 0 Å². The van der Waals surface area contributed by atoms with Crippen molar-refractivity contribution < 1.29 is 0 Å². The Kier molecular flexibility index (Phi) is 5.60. The second-order valence-corrected chi connectivity index (χ2v) is 5.07. The smallest absolute Gasteiger partial charge is 0.109 e. The van der Waals surface area contributed by atoms with Crippen LogP contribution in [0.4, 0.5) is 0 Å². The molecule has 0 aromatic carbocycles. The van der Waals surface area contributed by atoms with Crippen LogP contribution in [0.1, 0.15) is 32.0 Å². The lowest BCUT2D eigenvalue weighted by atomic mass is 10.1. The molecule has 0 fully saturated rings. The lowest BCUT2D eigenvalue weighted by Gasteiger charge is -2.22. The number of alkyl halides is 1. The van der Waals surface area contributed by atoms with E-state index in [1.54, 1.807) is 0 Å². The maximum atomic E-state index is 4.33. The van der Waals surface area contributed by atoms with Gasteiger partial charge < -0.3 is 9.88 Å². The van der Waals surface area contributed by atoms with Crippen molar-refractivity contribution in [1.29, 1.82) is 0 Å². The Bertz CT molecular complexity index is 259. The van der Waals surface area contributed by atoms with E-state index in [0.29, 0.717) is 12.0 Å². The van der Waals surface area contributed by atoms with Gasteiger partial charge in [-0.2, -0.15) is 0 Å². The minimum absolute atomic E-state index is 0.557. The lowest BCUT2D eigenvalue weighted by Crippen LogP contribution is -2.28. The first-order valence-corrected chi connectivity index (χ1v) is 6.93. The van der Waals surface area contributed by atoms with Crippen LogP contribution in [0.15, 0.2) is 12.4 Å². The van der Waals surface area contributed by atoms with Gasteiger partial charge >= 0.3 is 0 Å². The first-order valence-electron chi connectivity index (χ1n) is 5.40. The fourth-order valence-corrected chi connectivity index (χ4v) is 2.26. The van der Waals surface area contributed by atoms with Gasteiger partial charge in [-0.15, -0.1) is 0 Å². The Balaban J connectivity index is 2.42. The molecule has 3 nitrogen and oxygen atoms in total. The molecule has 0 saturated heterocycles. The second kappa shape index (κ2) is 6.48. The molecule has 4 heteroatoms. The Hall–Kier alpha value is -0.100. The van der Waals surface area contributed by atoms with E-state index in [9.17, 15) is 0 Å². The molecule has 1 atom stereocenters. The molecular formula is C11H20IN3. The zero-order chi connectivity index (χ0) is 11.3. The van der Waals surface area contributed by atoms with Gasteiger partial charge in [0.1, 0.15) is 5.82 Å². The molecule has 86 valence electrons. The number of hydrogen-bond donors (Lipinski definition) is 1. The molecule has 15 heavy (non-hydrogen) atoms. The van der Waals surface area contributed by atoms with Crippen LogP contribution in [0.3, 0.4) is 0 Å². The summed E-state index contributed by atoms with van der Waals surface area (Å²) in [6, 6.07) is 0.622. The average Bonchev–Trinajstić information content (AvgIpc) is 2.71. The molecule has 1 heterocycles. The van der Waals surface area contributed by atoms with Gasteiger partial charge in [0.05, 0.1) is 0 Å². The molecule has 1 aromatic heterocycles. The highest BCUT2D eigenvalue weighted by atomic mass is 127. The van der Waals surface area contributed by atoms with Crippen molar-refractivity contribution in [3.05, 3.63) is 18.2 Å². The maximum absolute atomic E-state index is 4.33. The number of rotatable bonds is 6. The van der Waals surface area contributed by atoms with E-state index < -0.39 is 0 Å². The summed E-state index contributed by atoms with van der Waals surface area (Å²) < 4.78 is 1.12. The van der Waals surface area contributed by atoms with Crippen LogP contribution in [-0.4, -0.2) is 38.9 Å². The van der Waals surface area contributed by atoms with Crippen LogP contribution in [0, 0.1) is 0 Å². The molecule has 1 aromatic rings. The van der Waals surface area contributed by atoms with Gasteiger partial charge in [-0.1, -0.05) is 22.6 Å². The molecule has 0 aliphatic carbocycles. The number of halogens is 1. The Morgan fingerprint density at radius 2 is 2.27 bits per heavy atom. The predicted molar refractivity (Wildman–Crippen MR) is 72.6 cm³/mol. The van der Waals surface area contributed by atoms with E-state index in [0.717, 1.165) is 16.8 Å². The normalized spacial score (nSPS) is 13.7. The van der Waals surface area contributed by atoms with Crippen molar-refractivity contribution >= 4 is 22.6 Å². The van der Waals surface area contributed by atoms with Crippen molar-refractivity contribution in [2.45, 2.75) is 32.2 Å². The fourth-order valence-electron chi connectivity index (χ4n) is 1.41. The van der Waals surface area contributed by atoms with E-state index in [4.69, 9.17) is 0 Å². The topological polar surface area (TPSA) is 31.9 Å². The number of hydrogen-bond acceptors (Lipinski definition) is 2. The molecule has 0 saturated carbocycles. The summed E-state index contributed by atoms with van der Waals surface area (Å²) in [5, 5.41) is 0. The molecule has 0 aliphatic heterocycles. The third kappa shape index (κ3) is 4.10. The quantitative estimate of drug-likeness (QED) is 0.645. The molecule has 1 N–H and O–H groups in total. The Labute approximate surface area is 106 Å². The van der Waals surface area contributed by atoms with Gasteiger partial charge in [-0.3, -0.25) is 0 Å². The molecule has 0 amide bonds. The number of nitrogens with zero attached hydrogens (tertiary/aromatic N) is 2. The Morgan fingerprint density at radius 1 is 1.53 bits per heavy atom. The molecule has 0 spiro atoms. The third-order valence-corrected chi connectivity index (χ3v) is 3.87. The summed E-state index contributed by atoms with van der Waals surface area (Å²) in [4.78, 5) is 9.92. The highest BCUT2D eigenvalue weighted by Gasteiger charge is 2.14. The largest absolute Gasteiger partial charge is 0.348 e. The first-order chi connectivity index (χ1) is 7.15. The second-order valence-electron chi connectivity index (χ2n) is 4.19. The summed E-state index contributed by atoms with van der Waals surface area (Å²) >= 11 is 2.44. The van der Waals surface area contributed by atoms with Gasteiger partial charge in [-0.25, -0.2) is 4.98 Å². The van der Waals surface area contributed by atoms with Crippen molar-refractivity contribution in [1.82, 2.24) is 14.9 Å². The summed E-state index contributed by atoms with van der Waals surface area (Å²) in [6.07, 6.45) is 4.91. The molecular weight excluding hydrogens is 301 g/mol. The molecule has 0 bridgehead atoms. The number of H-pyrrole nitrogens is 1. The monoisotopic (exact) mass is 321 g/mol. The van der Waals surface area contributed by atoms with Gasteiger partial charge in [0.25, 0.3) is 0 Å². The van der Waals surface area contributed by atoms with E-state index in [2.05, 4.69) is 58.4 Å². The fraction of sp³-hybridized carbons (Fsp3) is 0.727. The van der Waals surface area contributed by atoms with E-state index >= 15 is 0 Å². The van der Waals surface area contributed by atoms with Gasteiger partial charge in [-0.05, 0) is 33.9 Å². The lowest BCUT2D eigenvalue weighted by molar-refractivity contribution is 0.264. The minimum Gasteiger partial charge on any atom is -0.348 e. The van der Waals surface area contributed by atoms with Crippen molar-refractivity contribution in [3.63, 3.8) is 0 Å². The highest BCUT2D eigenvalue weighted by Crippen LogP contribution is 2.19. The highest BCUT2D eigenvalue weighted by molar-refractivity contribution is 14.1. The zero-order valence-corrected chi connectivity index (χ0v) is 11.9. The minimum atomic E-state index is 0.557. The molecule has 0 radical (unpaired) electrons. The zero-order valence-electron chi connectivity index (χ0n) is 9.70. The number of aromatic nitrogens is 2. The summed E-state index contributed by atoms with van der Waals surface area (Å²) in [5.74, 6) is 1.68. The van der Waals surface area contributed by atoms with Crippen LogP contribution < -0.4 is 0 Å². The van der Waals surface area contributed by atoms with Crippen LogP contribution in [-0.2, 0) is 0 Å². The number of imidazole rings is 1. The van der Waals surface area contributed by atoms with Gasteiger partial charge in [0, 0.05) is 28.8 Å². The van der Waals surface area contributed by atoms with Gasteiger partial charge in [0.2, 0.25) is 0 Å². The molecule has 0 aliphatic rings. The maximum Gasteiger partial charge on any atom is 0.109 e. The van der Waals surface area contributed by atoms with Crippen LogP contribution in [0.25, 0.3) is 0 Å². The first kappa shape index (κ1) is 13.0. The number of aromatic amines is 1. The standard InChI is InChI=1S/C11H20IN3/c1-9(2)15(3)7-4-10(8-12)11-13-5-6-14-11/h5-6,9-10H,4,7-8H2,1-3H3,(H,13,14). The summed E-state index contributed by atoms with van der Waals surface area (Å²) in [5.41, 5.74) is 0. The summed E-state index contributed by atoms with van der Waals surface area (Å²) in [7, 11) is 2.18. The van der Waals surface area contributed by atoms with E-state index in [1.165, 1.54) is 6.42 Å². The number of nitrogens with one attached hydrogen (secondary N) is 1. The van der Waals surface area contributed by atoms with E-state index in [1.807, 2.05) is 12.4 Å². The van der Waals surface area contributed by atoms with Crippen LogP contribution >= 0.6 is 22.6 Å². The van der Waals surface area contributed by atoms with Gasteiger partial charge in [0.15, 0.2) is 0 Å². The molecule has 1 unspecified atom stereocenters. The SMILES string of the molecule is CC(C)N(C)CCC(CI)c1ncc[nH]1. The van der Waals surface area contributed by atoms with Crippen molar-refractivity contribution in [3.8, 4) is 0 Å². The average molecular weight is 321 g/mol. The molecule has 1 rings (SSSR count).